The lowest BCUT2D eigenvalue weighted by molar-refractivity contribution is -0.143. The maximum atomic E-state index is 12.7. The predicted octanol–water partition coefficient (Wildman–Crippen LogP) is 3.61. The van der Waals surface area contributed by atoms with Crippen molar-refractivity contribution in [1.82, 2.24) is 5.32 Å². The van der Waals surface area contributed by atoms with Gasteiger partial charge in [0.1, 0.15) is 0 Å². The number of carbonyl (C=O) groups is 1. The number of hydrogen-bond donors (Lipinski definition) is 2. The minimum absolute atomic E-state index is 0. The van der Waals surface area contributed by atoms with Gasteiger partial charge in [-0.2, -0.15) is 26.3 Å². The Morgan fingerprint density at radius 1 is 1.08 bits per heavy atom. The number of halogens is 7. The van der Waals surface area contributed by atoms with Crippen LogP contribution in [0.4, 0.5) is 26.3 Å². The van der Waals surface area contributed by atoms with Crippen LogP contribution < -0.4 is 11.1 Å². The third-order valence-corrected chi connectivity index (χ3v) is 3.58. The molecule has 1 amide bonds. The molecule has 0 heterocycles. The van der Waals surface area contributed by atoms with E-state index in [4.69, 9.17) is 5.73 Å². The van der Waals surface area contributed by atoms with E-state index in [1.54, 1.807) is 0 Å². The van der Waals surface area contributed by atoms with E-state index in [9.17, 15) is 31.1 Å². The molecule has 0 spiro atoms. The molecule has 0 radical (unpaired) electrons. The average molecular weight is 377 g/mol. The number of amides is 1. The fourth-order valence-corrected chi connectivity index (χ4v) is 2.09. The quantitative estimate of drug-likeness (QED) is 0.789. The van der Waals surface area contributed by atoms with Crippen LogP contribution in [0.15, 0.2) is 18.2 Å². The van der Waals surface area contributed by atoms with Crippen LogP contribution in [0.3, 0.4) is 0 Å². The normalized spacial score (nSPS) is 16.3. The van der Waals surface area contributed by atoms with Gasteiger partial charge >= 0.3 is 12.4 Å². The molecule has 1 saturated carbocycles. The van der Waals surface area contributed by atoms with Crippen molar-refractivity contribution in [2.45, 2.75) is 31.2 Å². The van der Waals surface area contributed by atoms with E-state index < -0.39 is 35.0 Å². The van der Waals surface area contributed by atoms with Gasteiger partial charge in [-0.1, -0.05) is 0 Å². The Balaban J connectivity index is 0.00000288. The van der Waals surface area contributed by atoms with E-state index in [1.807, 2.05) is 0 Å². The Morgan fingerprint density at radius 2 is 1.54 bits per heavy atom. The Kier molecular flexibility index (Phi) is 6.15. The van der Waals surface area contributed by atoms with E-state index in [1.165, 1.54) is 0 Å². The van der Waals surface area contributed by atoms with E-state index >= 15 is 0 Å². The number of alkyl halides is 6. The van der Waals surface area contributed by atoms with Crippen LogP contribution in [0.5, 0.6) is 0 Å². The molecular formula is C14H15ClF6N2O. The second-order valence-corrected chi connectivity index (χ2v) is 5.51. The number of rotatable bonds is 4. The number of nitrogens with one attached hydrogen (secondary N) is 1. The third kappa shape index (κ3) is 5.27. The fourth-order valence-electron chi connectivity index (χ4n) is 2.09. The van der Waals surface area contributed by atoms with E-state index in [0.29, 0.717) is 12.1 Å². The minimum atomic E-state index is -4.99. The molecule has 3 nitrogen and oxygen atoms in total. The van der Waals surface area contributed by atoms with Gasteiger partial charge in [0, 0.05) is 18.2 Å². The van der Waals surface area contributed by atoms with E-state index in [-0.39, 0.29) is 37.0 Å². The first-order valence-corrected chi connectivity index (χ1v) is 6.82. The molecule has 0 saturated heterocycles. The van der Waals surface area contributed by atoms with Gasteiger partial charge in [-0.05, 0) is 37.0 Å². The molecule has 2 rings (SSSR count). The lowest BCUT2D eigenvalue weighted by atomic mass is 10.0. The van der Waals surface area contributed by atoms with Crippen LogP contribution in [-0.2, 0) is 12.4 Å². The fraction of sp³-hybridized carbons (Fsp3) is 0.500. The van der Waals surface area contributed by atoms with Crippen molar-refractivity contribution in [3.05, 3.63) is 34.9 Å². The van der Waals surface area contributed by atoms with Gasteiger partial charge < -0.3 is 11.1 Å². The van der Waals surface area contributed by atoms with Gasteiger partial charge in [-0.3, -0.25) is 4.79 Å². The Bertz CT molecular complexity index is 566. The summed E-state index contributed by atoms with van der Waals surface area (Å²) in [4.78, 5) is 11.8. The topological polar surface area (TPSA) is 55.1 Å². The molecule has 1 aliphatic carbocycles. The molecule has 1 unspecified atom stereocenters. The molecule has 0 aliphatic heterocycles. The zero-order valence-electron chi connectivity index (χ0n) is 12.2. The predicted molar refractivity (Wildman–Crippen MR) is 76.7 cm³/mol. The standard InChI is InChI=1S/C14H14F6N2O.ClH/c15-13(16,17)9-3-8(4-10(5-9)14(18,19)20)12(23)22-6-11(21)7-1-2-7;/h3-5,7,11H,1-2,6,21H2,(H,22,23);1H. The van der Waals surface area contributed by atoms with Crippen molar-refractivity contribution < 1.29 is 31.1 Å². The first kappa shape index (κ1) is 20.6. The van der Waals surface area contributed by atoms with Crippen LogP contribution in [0.25, 0.3) is 0 Å². The highest BCUT2D eigenvalue weighted by atomic mass is 35.5. The summed E-state index contributed by atoms with van der Waals surface area (Å²) in [6.45, 7) is 0.00109. The summed E-state index contributed by atoms with van der Waals surface area (Å²) >= 11 is 0. The lowest BCUT2D eigenvalue weighted by Gasteiger charge is -2.15. The summed E-state index contributed by atoms with van der Waals surface area (Å²) in [5.41, 5.74) is 1.98. The average Bonchev–Trinajstić information content (AvgIpc) is 3.26. The first-order valence-electron chi connectivity index (χ1n) is 6.82. The number of hydrogen-bond acceptors (Lipinski definition) is 2. The van der Waals surface area contributed by atoms with Crippen molar-refractivity contribution in [1.29, 1.82) is 0 Å². The van der Waals surface area contributed by atoms with Crippen molar-refractivity contribution in [3.63, 3.8) is 0 Å². The number of benzene rings is 1. The second kappa shape index (κ2) is 7.18. The molecule has 136 valence electrons. The monoisotopic (exact) mass is 376 g/mol. The highest BCUT2D eigenvalue weighted by Crippen LogP contribution is 2.36. The molecule has 0 bridgehead atoms. The third-order valence-electron chi connectivity index (χ3n) is 3.58. The van der Waals surface area contributed by atoms with Gasteiger partial charge in [0.25, 0.3) is 5.91 Å². The molecule has 0 aromatic heterocycles. The lowest BCUT2D eigenvalue weighted by Crippen LogP contribution is -2.38. The van der Waals surface area contributed by atoms with Gasteiger partial charge in [0.2, 0.25) is 0 Å². The SMILES string of the molecule is Cl.NC(CNC(=O)c1cc(C(F)(F)F)cc(C(F)(F)F)c1)C1CC1. The van der Waals surface area contributed by atoms with Gasteiger partial charge in [0.05, 0.1) is 11.1 Å². The molecule has 1 aromatic rings. The van der Waals surface area contributed by atoms with Crippen molar-refractivity contribution in [2.24, 2.45) is 11.7 Å². The summed E-state index contributed by atoms with van der Waals surface area (Å²) in [6, 6.07) is 0.416. The summed E-state index contributed by atoms with van der Waals surface area (Å²) < 4.78 is 76.3. The summed E-state index contributed by atoms with van der Waals surface area (Å²) in [6.07, 6.45) is -8.17. The highest BCUT2D eigenvalue weighted by Gasteiger charge is 2.37. The molecule has 1 fully saturated rings. The molecule has 1 aromatic carbocycles. The number of carbonyl (C=O) groups excluding carboxylic acids is 1. The van der Waals surface area contributed by atoms with Gasteiger partial charge in [0.15, 0.2) is 0 Å². The summed E-state index contributed by atoms with van der Waals surface area (Å²) in [7, 11) is 0. The highest BCUT2D eigenvalue weighted by molar-refractivity contribution is 5.94. The molecular weight excluding hydrogens is 362 g/mol. The van der Waals surface area contributed by atoms with Gasteiger partial charge in [-0.15, -0.1) is 12.4 Å². The molecule has 1 aliphatic rings. The summed E-state index contributed by atoms with van der Waals surface area (Å²) in [5.74, 6) is -0.778. The zero-order chi connectivity index (χ0) is 17.4. The molecule has 10 heteroatoms. The second-order valence-electron chi connectivity index (χ2n) is 5.51. The van der Waals surface area contributed by atoms with E-state index in [0.717, 1.165) is 12.8 Å². The van der Waals surface area contributed by atoms with Crippen molar-refractivity contribution in [2.75, 3.05) is 6.54 Å². The smallest absolute Gasteiger partial charge is 0.350 e. The van der Waals surface area contributed by atoms with Crippen LogP contribution in [0.1, 0.15) is 34.3 Å². The molecule has 3 N–H and O–H groups in total. The Hall–Kier alpha value is -1.48. The van der Waals surface area contributed by atoms with Crippen LogP contribution in [-0.4, -0.2) is 18.5 Å². The largest absolute Gasteiger partial charge is 0.416 e. The van der Waals surface area contributed by atoms with Crippen LogP contribution >= 0.6 is 12.4 Å². The Labute approximate surface area is 140 Å². The minimum Gasteiger partial charge on any atom is -0.350 e. The molecule has 1 atom stereocenters. The molecule has 24 heavy (non-hydrogen) atoms. The Morgan fingerprint density at radius 3 is 1.92 bits per heavy atom. The van der Waals surface area contributed by atoms with Crippen LogP contribution in [0.2, 0.25) is 0 Å². The van der Waals surface area contributed by atoms with Crippen molar-refractivity contribution >= 4 is 18.3 Å². The maximum absolute atomic E-state index is 12.7. The first-order chi connectivity index (χ1) is 10.5. The zero-order valence-corrected chi connectivity index (χ0v) is 13.0. The van der Waals surface area contributed by atoms with Crippen LogP contribution in [0, 0.1) is 5.92 Å². The maximum Gasteiger partial charge on any atom is 0.416 e. The van der Waals surface area contributed by atoms with Crippen molar-refractivity contribution in [3.8, 4) is 0 Å². The van der Waals surface area contributed by atoms with E-state index in [2.05, 4.69) is 5.32 Å². The summed E-state index contributed by atoms with van der Waals surface area (Å²) in [5, 5.41) is 2.28. The number of nitrogens with two attached hydrogens (primary N) is 1. The van der Waals surface area contributed by atoms with Gasteiger partial charge in [-0.25, -0.2) is 0 Å².